The molecule has 0 saturated heterocycles. The van der Waals surface area contributed by atoms with Gasteiger partial charge in [-0.15, -0.1) is 0 Å². The van der Waals surface area contributed by atoms with Gasteiger partial charge in [-0.3, -0.25) is 0 Å². The maximum absolute atomic E-state index is 12.0. The van der Waals surface area contributed by atoms with Gasteiger partial charge in [0.2, 0.25) is 0 Å². The number of ether oxygens (including phenoxy) is 2. The molecule has 0 spiro atoms. The lowest BCUT2D eigenvalue weighted by atomic mass is 10.1. The van der Waals surface area contributed by atoms with Crippen LogP contribution in [-0.4, -0.2) is 13.7 Å². The molecule has 0 saturated carbocycles. The lowest BCUT2D eigenvalue weighted by Gasteiger charge is -2.10. The van der Waals surface area contributed by atoms with Crippen LogP contribution >= 0.6 is 0 Å². The number of fused-ring (bicyclic) bond motifs is 1. The average Bonchev–Trinajstić information content (AvgIpc) is 2.44. The van der Waals surface area contributed by atoms with Crippen molar-refractivity contribution in [3.63, 3.8) is 0 Å². The standard InChI is InChI=1S/C16H20O4/c1-4-6-7-11-8-13-14(18-3)9-12(19-5-2)10-15(13)20-16(11)17/h8-10H,4-7H2,1-3H3. The summed E-state index contributed by atoms with van der Waals surface area (Å²) in [7, 11) is 1.60. The van der Waals surface area contributed by atoms with Crippen molar-refractivity contribution in [3.8, 4) is 11.5 Å². The predicted octanol–water partition coefficient (Wildman–Crippen LogP) is 3.54. The molecular formula is C16H20O4. The van der Waals surface area contributed by atoms with E-state index < -0.39 is 0 Å². The minimum atomic E-state index is -0.276. The summed E-state index contributed by atoms with van der Waals surface area (Å²) in [5, 5.41) is 0.807. The maximum Gasteiger partial charge on any atom is 0.339 e. The fraction of sp³-hybridized carbons (Fsp3) is 0.438. The molecule has 1 aromatic heterocycles. The largest absolute Gasteiger partial charge is 0.496 e. The van der Waals surface area contributed by atoms with Gasteiger partial charge in [0.1, 0.15) is 17.1 Å². The molecule has 1 aromatic carbocycles. The Labute approximate surface area is 118 Å². The Bertz CT molecular complexity index is 643. The lowest BCUT2D eigenvalue weighted by molar-refractivity contribution is 0.336. The minimum Gasteiger partial charge on any atom is -0.496 e. The summed E-state index contributed by atoms with van der Waals surface area (Å²) < 4.78 is 16.2. The molecule has 2 aromatic rings. The van der Waals surface area contributed by atoms with Gasteiger partial charge in [-0.1, -0.05) is 13.3 Å². The molecule has 0 aliphatic heterocycles. The summed E-state index contributed by atoms with van der Waals surface area (Å²) >= 11 is 0. The van der Waals surface area contributed by atoms with E-state index in [1.165, 1.54) is 0 Å². The molecular weight excluding hydrogens is 256 g/mol. The lowest BCUT2D eigenvalue weighted by Crippen LogP contribution is -2.07. The van der Waals surface area contributed by atoms with Crippen LogP contribution < -0.4 is 15.1 Å². The first-order valence-corrected chi connectivity index (χ1v) is 6.97. The second-order valence-electron chi connectivity index (χ2n) is 4.63. The highest BCUT2D eigenvalue weighted by Gasteiger charge is 2.11. The van der Waals surface area contributed by atoms with E-state index in [0.717, 1.165) is 24.6 Å². The zero-order valence-corrected chi connectivity index (χ0v) is 12.2. The predicted molar refractivity (Wildman–Crippen MR) is 78.8 cm³/mol. The van der Waals surface area contributed by atoms with E-state index in [4.69, 9.17) is 13.9 Å². The molecule has 0 atom stereocenters. The second-order valence-corrected chi connectivity index (χ2v) is 4.63. The molecule has 0 unspecified atom stereocenters. The van der Waals surface area contributed by atoms with Crippen LogP contribution in [0.5, 0.6) is 11.5 Å². The van der Waals surface area contributed by atoms with E-state index in [9.17, 15) is 4.79 Å². The molecule has 0 N–H and O–H groups in total. The summed E-state index contributed by atoms with van der Waals surface area (Å²) in [6.45, 7) is 4.55. The Hall–Kier alpha value is -1.97. The van der Waals surface area contributed by atoms with Crippen molar-refractivity contribution < 1.29 is 13.9 Å². The SMILES string of the molecule is CCCCc1cc2c(OC)cc(OCC)cc2oc1=O. The Kier molecular flexibility index (Phi) is 4.66. The van der Waals surface area contributed by atoms with Gasteiger partial charge < -0.3 is 13.9 Å². The van der Waals surface area contributed by atoms with Crippen molar-refractivity contribution in [2.24, 2.45) is 0 Å². The quantitative estimate of drug-likeness (QED) is 0.757. The summed E-state index contributed by atoms with van der Waals surface area (Å²) in [5.74, 6) is 1.30. The maximum atomic E-state index is 12.0. The van der Waals surface area contributed by atoms with Gasteiger partial charge in [0.15, 0.2) is 0 Å². The van der Waals surface area contributed by atoms with E-state index in [0.29, 0.717) is 29.3 Å². The van der Waals surface area contributed by atoms with E-state index in [-0.39, 0.29) is 5.63 Å². The van der Waals surface area contributed by atoms with Crippen molar-refractivity contribution in [1.82, 2.24) is 0 Å². The molecule has 4 heteroatoms. The van der Waals surface area contributed by atoms with Crippen LogP contribution in [0, 0.1) is 0 Å². The van der Waals surface area contributed by atoms with Crippen LogP contribution in [0.25, 0.3) is 11.0 Å². The molecule has 0 bridgehead atoms. The van der Waals surface area contributed by atoms with Crippen LogP contribution in [0.4, 0.5) is 0 Å². The van der Waals surface area contributed by atoms with Crippen molar-refractivity contribution in [3.05, 3.63) is 34.2 Å². The fourth-order valence-electron chi connectivity index (χ4n) is 2.16. The third-order valence-corrected chi connectivity index (χ3v) is 3.19. The van der Waals surface area contributed by atoms with Gasteiger partial charge in [-0.25, -0.2) is 4.79 Å². The molecule has 20 heavy (non-hydrogen) atoms. The monoisotopic (exact) mass is 276 g/mol. The number of rotatable bonds is 6. The Morgan fingerprint density at radius 1 is 1.20 bits per heavy atom. The first-order chi connectivity index (χ1) is 9.69. The van der Waals surface area contributed by atoms with Crippen LogP contribution in [-0.2, 0) is 6.42 Å². The Balaban J connectivity index is 2.55. The third kappa shape index (κ3) is 2.95. The van der Waals surface area contributed by atoms with Crippen LogP contribution in [0.2, 0.25) is 0 Å². The zero-order valence-electron chi connectivity index (χ0n) is 12.2. The first kappa shape index (κ1) is 14.4. The first-order valence-electron chi connectivity index (χ1n) is 6.97. The Morgan fingerprint density at radius 3 is 2.65 bits per heavy atom. The smallest absolute Gasteiger partial charge is 0.339 e. The van der Waals surface area contributed by atoms with Gasteiger partial charge >= 0.3 is 5.63 Å². The van der Waals surface area contributed by atoms with Gasteiger partial charge in [-0.05, 0) is 25.8 Å². The van der Waals surface area contributed by atoms with Crippen LogP contribution in [0.3, 0.4) is 0 Å². The summed E-state index contributed by atoms with van der Waals surface area (Å²) in [6, 6.07) is 5.41. The number of methoxy groups -OCH3 is 1. The van der Waals surface area contributed by atoms with Gasteiger partial charge in [0.05, 0.1) is 19.1 Å². The highest BCUT2D eigenvalue weighted by Crippen LogP contribution is 2.31. The zero-order chi connectivity index (χ0) is 14.5. The highest BCUT2D eigenvalue weighted by molar-refractivity contribution is 5.85. The number of hydrogen-bond acceptors (Lipinski definition) is 4. The third-order valence-electron chi connectivity index (χ3n) is 3.19. The molecule has 2 rings (SSSR count). The van der Waals surface area contributed by atoms with Crippen molar-refractivity contribution in [2.45, 2.75) is 33.1 Å². The molecule has 4 nitrogen and oxygen atoms in total. The molecule has 1 heterocycles. The van der Waals surface area contributed by atoms with Crippen LogP contribution in [0.15, 0.2) is 27.4 Å². The molecule has 0 aliphatic carbocycles. The summed E-state index contributed by atoms with van der Waals surface area (Å²) in [6.07, 6.45) is 2.73. The molecule has 0 fully saturated rings. The van der Waals surface area contributed by atoms with E-state index in [2.05, 4.69) is 6.92 Å². The van der Waals surface area contributed by atoms with E-state index in [1.54, 1.807) is 13.2 Å². The van der Waals surface area contributed by atoms with Crippen molar-refractivity contribution >= 4 is 11.0 Å². The van der Waals surface area contributed by atoms with Gasteiger partial charge in [0.25, 0.3) is 0 Å². The van der Waals surface area contributed by atoms with Crippen molar-refractivity contribution in [1.29, 1.82) is 0 Å². The molecule has 0 radical (unpaired) electrons. The summed E-state index contributed by atoms with van der Waals surface area (Å²) in [5.41, 5.74) is 0.918. The number of hydrogen-bond donors (Lipinski definition) is 0. The minimum absolute atomic E-state index is 0.276. The van der Waals surface area contributed by atoms with Gasteiger partial charge in [-0.2, -0.15) is 0 Å². The number of aryl methyl sites for hydroxylation is 1. The fourth-order valence-corrected chi connectivity index (χ4v) is 2.16. The Morgan fingerprint density at radius 2 is 2.00 bits per heavy atom. The number of unbranched alkanes of at least 4 members (excludes halogenated alkanes) is 1. The normalized spacial score (nSPS) is 10.8. The van der Waals surface area contributed by atoms with Crippen LogP contribution in [0.1, 0.15) is 32.3 Å². The molecule has 0 aliphatic rings. The second kappa shape index (κ2) is 6.46. The summed E-state index contributed by atoms with van der Waals surface area (Å²) in [4.78, 5) is 12.0. The van der Waals surface area contributed by atoms with Gasteiger partial charge in [0, 0.05) is 17.7 Å². The highest BCUT2D eigenvalue weighted by atomic mass is 16.5. The van der Waals surface area contributed by atoms with E-state index >= 15 is 0 Å². The average molecular weight is 276 g/mol. The van der Waals surface area contributed by atoms with Crippen molar-refractivity contribution in [2.75, 3.05) is 13.7 Å². The van der Waals surface area contributed by atoms with E-state index in [1.807, 2.05) is 19.1 Å². The molecule has 108 valence electrons. The molecule has 0 amide bonds. The topological polar surface area (TPSA) is 48.7 Å². The number of benzene rings is 1.